The average molecular weight is 456 g/mol. The number of primary amides is 1. The second kappa shape index (κ2) is 10.6. The SMILES string of the molecule is NC(=O)c1cc(NCc2ccc(N(CCCl)CCCl)cc2)c([N+](=O)[O-])cc1[N+](=O)[O-]. The van der Waals surface area contributed by atoms with Gasteiger partial charge in [-0.1, -0.05) is 12.1 Å². The summed E-state index contributed by atoms with van der Waals surface area (Å²) in [6.07, 6.45) is 0. The Morgan fingerprint density at radius 3 is 2.03 bits per heavy atom. The highest BCUT2D eigenvalue weighted by atomic mass is 35.5. The summed E-state index contributed by atoms with van der Waals surface area (Å²) in [6, 6.07) is 9.13. The van der Waals surface area contributed by atoms with E-state index in [4.69, 9.17) is 28.9 Å². The number of nitro benzene ring substituents is 2. The third-order valence-corrected chi connectivity index (χ3v) is 4.60. The van der Waals surface area contributed by atoms with Gasteiger partial charge in [0.25, 0.3) is 17.3 Å². The lowest BCUT2D eigenvalue weighted by molar-refractivity contribution is -0.393. The predicted octanol–water partition coefficient (Wildman–Crippen LogP) is 3.50. The lowest BCUT2D eigenvalue weighted by atomic mass is 10.1. The van der Waals surface area contributed by atoms with E-state index < -0.39 is 32.7 Å². The van der Waals surface area contributed by atoms with Crippen LogP contribution in [-0.4, -0.2) is 40.6 Å². The van der Waals surface area contributed by atoms with Crippen molar-refractivity contribution in [3.63, 3.8) is 0 Å². The van der Waals surface area contributed by atoms with Crippen LogP contribution in [0, 0.1) is 20.2 Å². The molecule has 0 unspecified atom stereocenters. The number of carbonyl (C=O) groups is 1. The molecule has 0 aliphatic rings. The maximum atomic E-state index is 11.5. The minimum absolute atomic E-state index is 0.0469. The third kappa shape index (κ3) is 5.71. The van der Waals surface area contributed by atoms with Gasteiger partial charge in [0.1, 0.15) is 11.3 Å². The molecule has 2 rings (SSSR count). The zero-order valence-electron chi connectivity index (χ0n) is 15.7. The first-order valence-corrected chi connectivity index (χ1v) is 9.81. The normalized spacial score (nSPS) is 10.5. The van der Waals surface area contributed by atoms with Gasteiger partial charge in [-0.3, -0.25) is 25.0 Å². The van der Waals surface area contributed by atoms with Crippen LogP contribution in [0.3, 0.4) is 0 Å². The fourth-order valence-electron chi connectivity index (χ4n) is 2.81. The van der Waals surface area contributed by atoms with Gasteiger partial charge < -0.3 is 16.0 Å². The monoisotopic (exact) mass is 455 g/mol. The number of halogens is 2. The Balaban J connectivity index is 2.26. The molecule has 0 fully saturated rings. The molecule has 2 aromatic carbocycles. The summed E-state index contributed by atoms with van der Waals surface area (Å²) in [5.41, 5.74) is 5.20. The van der Waals surface area contributed by atoms with Crippen LogP contribution in [0.1, 0.15) is 15.9 Å². The van der Waals surface area contributed by atoms with Crippen molar-refractivity contribution in [2.24, 2.45) is 5.73 Å². The van der Waals surface area contributed by atoms with Crippen molar-refractivity contribution in [1.82, 2.24) is 0 Å². The highest BCUT2D eigenvalue weighted by Gasteiger charge is 2.27. The van der Waals surface area contributed by atoms with Crippen molar-refractivity contribution in [1.29, 1.82) is 0 Å². The molecule has 0 aliphatic heterocycles. The van der Waals surface area contributed by atoms with Gasteiger partial charge in [0, 0.05) is 37.1 Å². The lowest BCUT2D eigenvalue weighted by Crippen LogP contribution is -2.27. The highest BCUT2D eigenvalue weighted by Crippen LogP contribution is 2.33. The number of alkyl halides is 2. The Morgan fingerprint density at radius 2 is 1.57 bits per heavy atom. The van der Waals surface area contributed by atoms with Gasteiger partial charge in [-0.25, -0.2) is 0 Å². The molecule has 160 valence electrons. The molecular weight excluding hydrogens is 437 g/mol. The van der Waals surface area contributed by atoms with Crippen LogP contribution in [0.15, 0.2) is 36.4 Å². The van der Waals surface area contributed by atoms with Gasteiger partial charge in [-0.2, -0.15) is 0 Å². The molecule has 12 heteroatoms. The summed E-state index contributed by atoms with van der Waals surface area (Å²) in [7, 11) is 0. The van der Waals surface area contributed by atoms with Crippen LogP contribution in [-0.2, 0) is 6.54 Å². The first-order valence-electron chi connectivity index (χ1n) is 8.74. The van der Waals surface area contributed by atoms with Crippen molar-refractivity contribution in [3.8, 4) is 0 Å². The van der Waals surface area contributed by atoms with Crippen molar-refractivity contribution >= 4 is 51.9 Å². The third-order valence-electron chi connectivity index (χ3n) is 4.27. The molecule has 1 amide bonds. The standard InChI is InChI=1S/C18H19Cl2N5O5/c19-5-7-23(8-6-20)13-3-1-12(2-4-13)11-22-15-9-14(18(21)26)16(24(27)28)10-17(15)25(29)30/h1-4,9-10,22H,5-8,11H2,(H2,21,26). The van der Waals surface area contributed by atoms with Gasteiger partial charge in [0.15, 0.2) is 0 Å². The maximum absolute atomic E-state index is 11.5. The molecular formula is C18H19Cl2N5O5. The predicted molar refractivity (Wildman–Crippen MR) is 116 cm³/mol. The van der Waals surface area contributed by atoms with Crippen LogP contribution in [0.5, 0.6) is 0 Å². The van der Waals surface area contributed by atoms with E-state index in [1.807, 2.05) is 29.2 Å². The van der Waals surface area contributed by atoms with E-state index in [1.165, 1.54) is 0 Å². The molecule has 3 N–H and O–H groups in total. The van der Waals surface area contributed by atoms with E-state index in [2.05, 4.69) is 5.32 Å². The first kappa shape index (κ1) is 23.2. The number of nitrogens with one attached hydrogen (secondary N) is 1. The quantitative estimate of drug-likeness (QED) is 0.299. The van der Waals surface area contributed by atoms with Crippen molar-refractivity contribution in [2.45, 2.75) is 6.54 Å². The number of hydrogen-bond donors (Lipinski definition) is 2. The summed E-state index contributed by atoms with van der Waals surface area (Å²) >= 11 is 11.6. The van der Waals surface area contributed by atoms with E-state index in [0.717, 1.165) is 23.4 Å². The second-order valence-corrected chi connectivity index (χ2v) is 6.91. The molecule has 0 saturated carbocycles. The fraction of sp³-hybridized carbons (Fsp3) is 0.278. The number of rotatable bonds is 11. The van der Waals surface area contributed by atoms with Crippen LogP contribution >= 0.6 is 23.2 Å². The Bertz CT molecular complexity index is 933. The summed E-state index contributed by atoms with van der Waals surface area (Å²) in [5, 5.41) is 25.3. The number of hydrogen-bond acceptors (Lipinski definition) is 7. The number of nitro groups is 2. The van der Waals surface area contributed by atoms with Crippen molar-refractivity contribution < 1.29 is 14.6 Å². The minimum atomic E-state index is -1.05. The van der Waals surface area contributed by atoms with Crippen molar-refractivity contribution in [3.05, 3.63) is 67.8 Å². The number of carbonyl (C=O) groups excluding carboxylic acids is 1. The molecule has 0 aliphatic carbocycles. The number of amides is 1. The minimum Gasteiger partial charge on any atom is -0.375 e. The highest BCUT2D eigenvalue weighted by molar-refractivity contribution is 6.18. The van der Waals surface area contributed by atoms with Crippen LogP contribution < -0.4 is 16.0 Å². The lowest BCUT2D eigenvalue weighted by Gasteiger charge is -2.23. The average Bonchev–Trinajstić information content (AvgIpc) is 2.71. The summed E-state index contributed by atoms with van der Waals surface area (Å²) in [4.78, 5) is 34.4. The Morgan fingerprint density at radius 1 is 1.00 bits per heavy atom. The molecule has 30 heavy (non-hydrogen) atoms. The van der Waals surface area contributed by atoms with Gasteiger partial charge in [0.05, 0.1) is 15.9 Å². The Labute approximate surface area is 181 Å². The number of benzene rings is 2. The van der Waals surface area contributed by atoms with E-state index in [-0.39, 0.29) is 12.2 Å². The molecule has 0 spiro atoms. The zero-order valence-corrected chi connectivity index (χ0v) is 17.2. The first-order chi connectivity index (χ1) is 14.3. The van der Waals surface area contributed by atoms with Gasteiger partial charge >= 0.3 is 0 Å². The largest absolute Gasteiger partial charge is 0.375 e. The van der Waals surface area contributed by atoms with Gasteiger partial charge in [0.2, 0.25) is 0 Å². The van der Waals surface area contributed by atoms with Gasteiger partial charge in [-0.15, -0.1) is 23.2 Å². The molecule has 0 radical (unpaired) electrons. The van der Waals surface area contributed by atoms with Crippen LogP contribution in [0.2, 0.25) is 0 Å². The number of nitrogens with two attached hydrogens (primary N) is 1. The fourth-order valence-corrected chi connectivity index (χ4v) is 3.22. The van der Waals surface area contributed by atoms with Crippen molar-refractivity contribution in [2.75, 3.05) is 35.1 Å². The zero-order chi connectivity index (χ0) is 22.3. The van der Waals surface area contributed by atoms with E-state index in [9.17, 15) is 25.0 Å². The molecule has 10 nitrogen and oxygen atoms in total. The van der Waals surface area contributed by atoms with Gasteiger partial charge in [-0.05, 0) is 23.8 Å². The molecule has 0 atom stereocenters. The number of anilines is 2. The smallest absolute Gasteiger partial charge is 0.299 e. The summed E-state index contributed by atoms with van der Waals surface area (Å²) < 4.78 is 0. The molecule has 2 aromatic rings. The topological polar surface area (TPSA) is 145 Å². The second-order valence-electron chi connectivity index (χ2n) is 6.15. The summed E-state index contributed by atoms with van der Waals surface area (Å²) in [6.45, 7) is 1.45. The Kier molecular flexibility index (Phi) is 8.19. The Hall–Kier alpha value is -3.11. The van der Waals surface area contributed by atoms with Crippen LogP contribution in [0.25, 0.3) is 0 Å². The van der Waals surface area contributed by atoms with E-state index >= 15 is 0 Å². The summed E-state index contributed by atoms with van der Waals surface area (Å²) in [5.74, 6) is -0.152. The molecule has 0 aromatic heterocycles. The molecule has 0 bridgehead atoms. The molecule has 0 saturated heterocycles. The van der Waals surface area contributed by atoms with E-state index in [0.29, 0.717) is 24.8 Å². The van der Waals surface area contributed by atoms with E-state index in [1.54, 1.807) is 0 Å². The van der Waals surface area contributed by atoms with Crippen LogP contribution in [0.4, 0.5) is 22.7 Å². The number of nitrogens with zero attached hydrogens (tertiary/aromatic N) is 3. The molecule has 0 heterocycles. The maximum Gasteiger partial charge on any atom is 0.299 e.